The molecule has 0 bridgehead atoms. The van der Waals surface area contributed by atoms with Gasteiger partial charge in [-0.3, -0.25) is 4.90 Å². The summed E-state index contributed by atoms with van der Waals surface area (Å²) < 4.78 is 13.8. The highest BCUT2D eigenvalue weighted by atomic mass is 16.5. The molecule has 2 aliphatic heterocycles. The van der Waals surface area contributed by atoms with Crippen molar-refractivity contribution in [3.05, 3.63) is 54.4 Å². The van der Waals surface area contributed by atoms with Crippen molar-refractivity contribution in [1.82, 2.24) is 19.4 Å². The number of anilines is 4. The van der Waals surface area contributed by atoms with Gasteiger partial charge in [-0.15, -0.1) is 0 Å². The lowest BCUT2D eigenvalue weighted by Crippen LogP contribution is -2.25. The van der Waals surface area contributed by atoms with Gasteiger partial charge in [-0.1, -0.05) is 18.2 Å². The minimum atomic E-state index is 0.480. The van der Waals surface area contributed by atoms with E-state index in [1.807, 2.05) is 18.2 Å². The smallest absolute Gasteiger partial charge is 0.227 e. The minimum absolute atomic E-state index is 0.480. The molecule has 3 N–H and O–H groups in total. The molecule has 4 aromatic rings. The molecule has 6 rings (SSSR count). The van der Waals surface area contributed by atoms with E-state index < -0.39 is 0 Å². The van der Waals surface area contributed by atoms with Crippen LogP contribution in [0.25, 0.3) is 22.2 Å². The maximum Gasteiger partial charge on any atom is 0.227 e. The highest BCUT2D eigenvalue weighted by Gasteiger charge is 2.23. The number of rotatable bonds is 8. The van der Waals surface area contributed by atoms with Gasteiger partial charge in [0, 0.05) is 68.5 Å². The maximum absolute atomic E-state index is 6.46. The molecule has 2 aromatic carbocycles. The molecule has 0 spiro atoms. The third-order valence-corrected chi connectivity index (χ3v) is 6.99. The Balaban J connectivity index is 1.32. The highest BCUT2D eigenvalue weighted by molar-refractivity contribution is 5.97. The van der Waals surface area contributed by atoms with E-state index in [1.165, 1.54) is 24.0 Å². The second kappa shape index (κ2) is 9.33. The van der Waals surface area contributed by atoms with Gasteiger partial charge in [0.15, 0.2) is 0 Å². The fourth-order valence-corrected chi connectivity index (χ4v) is 4.94. The molecule has 0 unspecified atom stereocenters. The molecule has 0 aliphatic carbocycles. The number of hydrogen-bond acceptors (Lipinski definition) is 8. The van der Waals surface area contributed by atoms with Gasteiger partial charge in [-0.05, 0) is 18.2 Å². The number of likely N-dealkylation sites (N-methyl/N-ethyl adjacent to an activating group) is 1. The molecular formula is C27H31N7O2. The number of para-hydroxylation sites is 1. The first kappa shape index (κ1) is 22.6. The molecule has 9 heteroatoms. The number of nitrogen functional groups attached to an aromatic ring is 1. The molecule has 0 saturated carbocycles. The summed E-state index contributed by atoms with van der Waals surface area (Å²) >= 11 is 0. The summed E-state index contributed by atoms with van der Waals surface area (Å²) in [4.78, 5) is 13.9. The number of nitrogens with zero attached hydrogens (tertiary/aromatic N) is 5. The van der Waals surface area contributed by atoms with Crippen LogP contribution >= 0.6 is 0 Å². The first-order chi connectivity index (χ1) is 17.6. The van der Waals surface area contributed by atoms with E-state index in [2.05, 4.69) is 56.0 Å². The van der Waals surface area contributed by atoms with E-state index in [4.69, 9.17) is 20.2 Å². The Morgan fingerprint density at radius 1 is 1.17 bits per heavy atom. The molecule has 4 heterocycles. The number of nitrogens with two attached hydrogens (primary N) is 1. The van der Waals surface area contributed by atoms with Gasteiger partial charge in [0.1, 0.15) is 5.75 Å². The van der Waals surface area contributed by atoms with Crippen LogP contribution in [0.3, 0.4) is 0 Å². The fraction of sp³-hybridized carbons (Fsp3) is 0.333. The largest absolute Gasteiger partial charge is 0.494 e. The summed E-state index contributed by atoms with van der Waals surface area (Å²) in [5.74, 6) is 1.17. The first-order valence-electron chi connectivity index (χ1n) is 12.3. The molecule has 1 fully saturated rings. The third kappa shape index (κ3) is 4.20. The molecular weight excluding hydrogens is 454 g/mol. The molecule has 0 radical (unpaired) electrons. The number of methoxy groups -OCH3 is 1. The van der Waals surface area contributed by atoms with Gasteiger partial charge in [-0.25, -0.2) is 9.97 Å². The van der Waals surface area contributed by atoms with E-state index in [9.17, 15) is 0 Å². The Hall–Kier alpha value is -3.82. The number of benzene rings is 2. The number of hydrogen-bond donors (Lipinski definition) is 2. The van der Waals surface area contributed by atoms with Crippen molar-refractivity contribution in [3.63, 3.8) is 0 Å². The Bertz CT molecular complexity index is 1410. The van der Waals surface area contributed by atoms with E-state index in [1.54, 1.807) is 13.3 Å². The van der Waals surface area contributed by atoms with Crippen LogP contribution in [0.1, 0.15) is 5.69 Å². The zero-order chi connectivity index (χ0) is 24.6. The van der Waals surface area contributed by atoms with E-state index in [-0.39, 0.29) is 0 Å². The SMILES string of the molecule is COc1cc(N(C)CCN2CC2)c(N)cc1Nc1nccc(-c2c3n(c4ccccc24)CCOC3)n1. The molecule has 0 amide bonds. The topological polar surface area (TPSA) is 93.5 Å². The Morgan fingerprint density at radius 3 is 2.86 bits per heavy atom. The minimum Gasteiger partial charge on any atom is -0.494 e. The molecule has 0 atom stereocenters. The molecule has 1 saturated heterocycles. The summed E-state index contributed by atoms with van der Waals surface area (Å²) in [6.07, 6.45) is 1.78. The second-order valence-electron chi connectivity index (χ2n) is 9.31. The molecule has 2 aliphatic rings. The third-order valence-electron chi connectivity index (χ3n) is 6.99. The van der Waals surface area contributed by atoms with Gasteiger partial charge in [-0.2, -0.15) is 0 Å². The zero-order valence-electron chi connectivity index (χ0n) is 20.7. The molecule has 186 valence electrons. The molecule has 2 aromatic heterocycles. The summed E-state index contributed by atoms with van der Waals surface area (Å²) in [5, 5.41) is 4.50. The lowest BCUT2D eigenvalue weighted by atomic mass is 10.1. The van der Waals surface area contributed by atoms with Crippen LogP contribution in [0.5, 0.6) is 5.75 Å². The first-order valence-corrected chi connectivity index (χ1v) is 12.3. The average Bonchev–Trinajstić information content (AvgIpc) is 3.67. The van der Waals surface area contributed by atoms with Crippen molar-refractivity contribution in [2.24, 2.45) is 0 Å². The van der Waals surface area contributed by atoms with Gasteiger partial charge in [0.2, 0.25) is 5.95 Å². The maximum atomic E-state index is 6.46. The highest BCUT2D eigenvalue weighted by Crippen LogP contribution is 2.38. The lowest BCUT2D eigenvalue weighted by molar-refractivity contribution is 0.0869. The quantitative estimate of drug-likeness (QED) is 0.288. The summed E-state index contributed by atoms with van der Waals surface area (Å²) in [6, 6.07) is 14.2. The van der Waals surface area contributed by atoms with Crippen molar-refractivity contribution in [1.29, 1.82) is 0 Å². The zero-order valence-corrected chi connectivity index (χ0v) is 20.7. The van der Waals surface area contributed by atoms with Crippen LogP contribution in [0, 0.1) is 0 Å². The number of nitrogens with one attached hydrogen (secondary N) is 1. The average molecular weight is 486 g/mol. The molecule has 9 nitrogen and oxygen atoms in total. The number of aromatic nitrogens is 3. The summed E-state index contributed by atoms with van der Waals surface area (Å²) in [6.45, 7) is 6.42. The Morgan fingerprint density at radius 2 is 2.03 bits per heavy atom. The van der Waals surface area contributed by atoms with Gasteiger partial charge >= 0.3 is 0 Å². The van der Waals surface area contributed by atoms with Crippen molar-refractivity contribution in [2.75, 3.05) is 62.9 Å². The normalized spacial score (nSPS) is 15.1. The number of fused-ring (bicyclic) bond motifs is 3. The standard InChI is InChI=1S/C27H31N7O2/c1-32(9-10-33-11-12-33)23-16-25(35-2)21(15-19(23)28)31-27-29-8-7-20(30-27)26-18-5-3-4-6-22(18)34-13-14-36-17-24(26)34/h3-8,15-16H,9-14,17,28H2,1-2H3,(H,29,30,31). The Labute approximate surface area is 210 Å². The van der Waals surface area contributed by atoms with Crippen LogP contribution in [-0.2, 0) is 17.9 Å². The monoisotopic (exact) mass is 485 g/mol. The van der Waals surface area contributed by atoms with Crippen LogP contribution in [-0.4, -0.2) is 66.4 Å². The van der Waals surface area contributed by atoms with Crippen molar-refractivity contribution >= 4 is 33.9 Å². The van der Waals surface area contributed by atoms with E-state index in [0.29, 0.717) is 30.6 Å². The van der Waals surface area contributed by atoms with Crippen LogP contribution in [0.4, 0.5) is 23.0 Å². The Kier molecular flexibility index (Phi) is 5.86. The fourth-order valence-electron chi connectivity index (χ4n) is 4.94. The lowest BCUT2D eigenvalue weighted by Gasteiger charge is -2.23. The second-order valence-corrected chi connectivity index (χ2v) is 9.31. The predicted octanol–water partition coefficient (Wildman–Crippen LogP) is 3.71. The van der Waals surface area contributed by atoms with E-state index >= 15 is 0 Å². The van der Waals surface area contributed by atoms with Crippen molar-refractivity contribution in [3.8, 4) is 17.0 Å². The van der Waals surface area contributed by atoms with Gasteiger partial charge in [0.25, 0.3) is 0 Å². The van der Waals surface area contributed by atoms with Crippen LogP contribution in [0.15, 0.2) is 48.7 Å². The van der Waals surface area contributed by atoms with Crippen molar-refractivity contribution in [2.45, 2.75) is 13.2 Å². The van der Waals surface area contributed by atoms with Crippen LogP contribution in [0.2, 0.25) is 0 Å². The van der Waals surface area contributed by atoms with E-state index in [0.717, 1.165) is 48.0 Å². The van der Waals surface area contributed by atoms with Crippen molar-refractivity contribution < 1.29 is 9.47 Å². The number of ether oxygens (including phenoxy) is 2. The summed E-state index contributed by atoms with van der Waals surface area (Å²) in [7, 11) is 3.72. The van der Waals surface area contributed by atoms with Gasteiger partial charge < -0.3 is 30.0 Å². The summed E-state index contributed by atoms with van der Waals surface area (Å²) in [5.41, 5.74) is 13.1. The predicted molar refractivity (Wildman–Crippen MR) is 143 cm³/mol. The molecule has 36 heavy (non-hydrogen) atoms. The van der Waals surface area contributed by atoms with Crippen LogP contribution < -0.4 is 20.7 Å². The van der Waals surface area contributed by atoms with Gasteiger partial charge in [0.05, 0.1) is 48.8 Å².